The number of carbonyl (C=O) groups is 2. The predicted molar refractivity (Wildman–Crippen MR) is 131 cm³/mol. The first-order valence-electron chi connectivity index (χ1n) is 11.5. The highest BCUT2D eigenvalue weighted by atomic mass is 19.1. The van der Waals surface area contributed by atoms with Gasteiger partial charge in [-0.05, 0) is 54.4 Å². The molecule has 3 aromatic carbocycles. The van der Waals surface area contributed by atoms with E-state index in [1.165, 1.54) is 12.1 Å². The maximum absolute atomic E-state index is 13.4. The van der Waals surface area contributed by atoms with E-state index in [4.69, 9.17) is 9.47 Å². The predicted octanol–water partition coefficient (Wildman–Crippen LogP) is 4.32. The first-order chi connectivity index (χ1) is 16.9. The molecule has 1 aliphatic heterocycles. The van der Waals surface area contributed by atoms with Crippen molar-refractivity contribution in [2.75, 3.05) is 27.3 Å². The standard InChI is InChI=1S/C28H29FN2O4/c1-18-6-4-5-7-22(18)28(33)31-16-24(23-14-21(34-2)12-13-26(23)35-3)25(17-31)27(32)30-15-19-8-10-20(29)11-9-19/h4-14,24-25H,15-17H2,1-3H3,(H,30,32)/t24-,25+/m0/s1. The molecule has 1 fully saturated rings. The summed E-state index contributed by atoms with van der Waals surface area (Å²) in [6.45, 7) is 2.81. The molecule has 0 aromatic heterocycles. The second-order valence-corrected chi connectivity index (χ2v) is 8.69. The van der Waals surface area contributed by atoms with E-state index < -0.39 is 5.92 Å². The monoisotopic (exact) mass is 476 g/mol. The number of benzene rings is 3. The van der Waals surface area contributed by atoms with Crippen LogP contribution >= 0.6 is 0 Å². The summed E-state index contributed by atoms with van der Waals surface area (Å²) < 4.78 is 24.3. The van der Waals surface area contributed by atoms with Crippen LogP contribution in [0.1, 0.15) is 33.0 Å². The molecular weight excluding hydrogens is 447 g/mol. The van der Waals surface area contributed by atoms with Crippen LogP contribution in [-0.4, -0.2) is 44.0 Å². The molecule has 1 heterocycles. The lowest BCUT2D eigenvalue weighted by molar-refractivity contribution is -0.125. The minimum atomic E-state index is -0.496. The van der Waals surface area contributed by atoms with Crippen molar-refractivity contribution in [1.82, 2.24) is 10.2 Å². The number of aryl methyl sites for hydroxylation is 1. The summed E-state index contributed by atoms with van der Waals surface area (Å²) in [5.74, 6) is -0.113. The van der Waals surface area contributed by atoms with Crippen molar-refractivity contribution in [2.45, 2.75) is 19.4 Å². The van der Waals surface area contributed by atoms with Crippen LogP contribution in [0.5, 0.6) is 11.5 Å². The van der Waals surface area contributed by atoms with Crippen LogP contribution in [-0.2, 0) is 11.3 Å². The Morgan fingerprint density at radius 2 is 1.74 bits per heavy atom. The molecule has 35 heavy (non-hydrogen) atoms. The van der Waals surface area contributed by atoms with Gasteiger partial charge >= 0.3 is 0 Å². The van der Waals surface area contributed by atoms with E-state index in [0.717, 1.165) is 16.7 Å². The lowest BCUT2D eigenvalue weighted by atomic mass is 9.87. The van der Waals surface area contributed by atoms with Gasteiger partial charge < -0.3 is 19.7 Å². The molecule has 0 radical (unpaired) electrons. The van der Waals surface area contributed by atoms with E-state index >= 15 is 0 Å². The highest BCUT2D eigenvalue weighted by Crippen LogP contribution is 2.40. The molecule has 1 aliphatic rings. The average molecular weight is 477 g/mol. The number of halogens is 1. The Kier molecular flexibility index (Phi) is 7.34. The Hall–Kier alpha value is -3.87. The van der Waals surface area contributed by atoms with Gasteiger partial charge in [0, 0.05) is 36.7 Å². The summed E-state index contributed by atoms with van der Waals surface area (Å²) in [4.78, 5) is 28.5. The largest absolute Gasteiger partial charge is 0.497 e. The van der Waals surface area contributed by atoms with E-state index in [-0.39, 0.29) is 36.6 Å². The van der Waals surface area contributed by atoms with Crippen LogP contribution in [0.2, 0.25) is 0 Å². The fourth-order valence-corrected chi connectivity index (χ4v) is 4.59. The molecule has 0 spiro atoms. The van der Waals surface area contributed by atoms with Crippen molar-refractivity contribution in [3.05, 3.63) is 94.8 Å². The number of ether oxygens (including phenoxy) is 2. The van der Waals surface area contributed by atoms with Gasteiger partial charge in [-0.15, -0.1) is 0 Å². The molecule has 6 nitrogen and oxygen atoms in total. The lowest BCUT2D eigenvalue weighted by Gasteiger charge is -2.21. The SMILES string of the molecule is COc1ccc(OC)c([C@@H]2CN(C(=O)c3ccccc3C)C[C@H]2C(=O)NCc2ccc(F)cc2)c1. The van der Waals surface area contributed by atoms with Gasteiger partial charge in [-0.25, -0.2) is 4.39 Å². The Balaban J connectivity index is 1.63. The fraction of sp³-hybridized carbons (Fsp3) is 0.286. The Bertz CT molecular complexity index is 1210. The number of amides is 2. The van der Waals surface area contributed by atoms with Gasteiger partial charge in [0.25, 0.3) is 5.91 Å². The number of methoxy groups -OCH3 is 2. The van der Waals surface area contributed by atoms with Crippen LogP contribution in [0.15, 0.2) is 66.7 Å². The van der Waals surface area contributed by atoms with E-state index in [2.05, 4.69) is 5.32 Å². The normalized spacial score (nSPS) is 17.2. The number of hydrogen-bond donors (Lipinski definition) is 1. The van der Waals surface area contributed by atoms with E-state index in [1.807, 2.05) is 37.3 Å². The number of nitrogens with one attached hydrogen (secondary N) is 1. The maximum Gasteiger partial charge on any atom is 0.254 e. The lowest BCUT2D eigenvalue weighted by Crippen LogP contribution is -2.35. The van der Waals surface area contributed by atoms with Crippen molar-refractivity contribution in [3.63, 3.8) is 0 Å². The maximum atomic E-state index is 13.4. The van der Waals surface area contributed by atoms with Crippen LogP contribution in [0, 0.1) is 18.7 Å². The van der Waals surface area contributed by atoms with Gasteiger partial charge in [-0.3, -0.25) is 9.59 Å². The fourth-order valence-electron chi connectivity index (χ4n) is 4.59. The van der Waals surface area contributed by atoms with E-state index in [0.29, 0.717) is 23.6 Å². The minimum absolute atomic E-state index is 0.108. The molecule has 3 aromatic rings. The smallest absolute Gasteiger partial charge is 0.254 e. The molecule has 0 aliphatic carbocycles. The molecule has 1 saturated heterocycles. The molecule has 0 bridgehead atoms. The van der Waals surface area contributed by atoms with Gasteiger partial charge in [0.2, 0.25) is 5.91 Å². The third-order valence-corrected chi connectivity index (χ3v) is 6.54. The number of nitrogens with zero attached hydrogens (tertiary/aromatic N) is 1. The van der Waals surface area contributed by atoms with Crippen molar-refractivity contribution in [3.8, 4) is 11.5 Å². The van der Waals surface area contributed by atoms with Crippen LogP contribution in [0.4, 0.5) is 4.39 Å². The molecule has 4 rings (SSSR count). The number of likely N-dealkylation sites (tertiary alicyclic amines) is 1. The summed E-state index contributed by atoms with van der Waals surface area (Å²) in [6, 6.07) is 18.9. The zero-order chi connectivity index (χ0) is 24.9. The second-order valence-electron chi connectivity index (χ2n) is 8.69. The number of hydrogen-bond acceptors (Lipinski definition) is 4. The van der Waals surface area contributed by atoms with Gasteiger partial charge in [0.05, 0.1) is 20.1 Å². The molecule has 2 amide bonds. The van der Waals surface area contributed by atoms with Crippen LogP contribution < -0.4 is 14.8 Å². The van der Waals surface area contributed by atoms with Gasteiger partial charge in [0.15, 0.2) is 0 Å². The Morgan fingerprint density at radius 1 is 1.00 bits per heavy atom. The summed E-state index contributed by atoms with van der Waals surface area (Å²) in [7, 11) is 3.17. The number of rotatable bonds is 7. The summed E-state index contributed by atoms with van der Waals surface area (Å²) in [6.07, 6.45) is 0. The first kappa shape index (κ1) is 24.3. The number of carbonyl (C=O) groups excluding carboxylic acids is 2. The topological polar surface area (TPSA) is 67.9 Å². The minimum Gasteiger partial charge on any atom is -0.497 e. The summed E-state index contributed by atoms with van der Waals surface area (Å²) >= 11 is 0. The molecule has 182 valence electrons. The Labute approximate surface area is 204 Å². The summed E-state index contributed by atoms with van der Waals surface area (Å²) in [5.41, 5.74) is 3.11. The molecule has 2 atom stereocenters. The zero-order valence-electron chi connectivity index (χ0n) is 20.1. The van der Waals surface area contributed by atoms with Crippen molar-refractivity contribution in [1.29, 1.82) is 0 Å². The highest BCUT2D eigenvalue weighted by Gasteiger charge is 2.42. The van der Waals surface area contributed by atoms with Crippen molar-refractivity contribution < 1.29 is 23.5 Å². The third-order valence-electron chi connectivity index (χ3n) is 6.54. The third kappa shape index (κ3) is 5.29. The summed E-state index contributed by atoms with van der Waals surface area (Å²) in [5, 5.41) is 2.97. The molecular formula is C28H29FN2O4. The molecule has 0 saturated carbocycles. The quantitative estimate of drug-likeness (QED) is 0.552. The van der Waals surface area contributed by atoms with Crippen LogP contribution in [0.3, 0.4) is 0 Å². The molecule has 0 unspecified atom stereocenters. The van der Waals surface area contributed by atoms with Crippen molar-refractivity contribution >= 4 is 11.8 Å². The highest BCUT2D eigenvalue weighted by molar-refractivity contribution is 5.96. The molecule has 1 N–H and O–H groups in total. The van der Waals surface area contributed by atoms with E-state index in [1.54, 1.807) is 43.4 Å². The van der Waals surface area contributed by atoms with Crippen molar-refractivity contribution in [2.24, 2.45) is 5.92 Å². The zero-order valence-corrected chi connectivity index (χ0v) is 20.1. The van der Waals surface area contributed by atoms with E-state index in [9.17, 15) is 14.0 Å². The van der Waals surface area contributed by atoms with Gasteiger partial charge in [-0.1, -0.05) is 30.3 Å². The Morgan fingerprint density at radius 3 is 2.43 bits per heavy atom. The average Bonchev–Trinajstić information content (AvgIpc) is 3.33. The first-order valence-corrected chi connectivity index (χ1v) is 11.5. The van der Waals surface area contributed by atoms with Gasteiger partial charge in [-0.2, -0.15) is 0 Å². The van der Waals surface area contributed by atoms with Gasteiger partial charge in [0.1, 0.15) is 17.3 Å². The second kappa shape index (κ2) is 10.6. The molecule has 7 heteroatoms. The van der Waals surface area contributed by atoms with Crippen LogP contribution in [0.25, 0.3) is 0 Å².